The van der Waals surface area contributed by atoms with Crippen LogP contribution >= 0.6 is 15.9 Å². The Kier molecular flexibility index (Phi) is 2.93. The summed E-state index contributed by atoms with van der Waals surface area (Å²) in [6.45, 7) is 2.49. The first-order valence-corrected chi connectivity index (χ1v) is 7.18. The van der Waals surface area contributed by atoms with E-state index in [1.807, 2.05) is 0 Å². The van der Waals surface area contributed by atoms with Crippen LogP contribution in [-0.4, -0.2) is 13.1 Å². The highest BCUT2D eigenvalue weighted by Crippen LogP contribution is 2.45. The van der Waals surface area contributed by atoms with Crippen LogP contribution in [0, 0.1) is 0 Å². The molecule has 0 radical (unpaired) electrons. The van der Waals surface area contributed by atoms with Gasteiger partial charge < -0.3 is 4.90 Å². The van der Waals surface area contributed by atoms with Gasteiger partial charge in [0.05, 0.1) is 0 Å². The molecule has 0 unspecified atom stereocenters. The number of halogens is 1. The highest BCUT2D eigenvalue weighted by atomic mass is 79.9. The molecule has 0 amide bonds. The predicted octanol–water partition coefficient (Wildman–Crippen LogP) is 4.32. The zero-order valence-electron chi connectivity index (χ0n) is 9.58. The molecular formula is C14H18BrN. The summed E-state index contributed by atoms with van der Waals surface area (Å²) in [7, 11) is 0. The van der Waals surface area contributed by atoms with Crippen LogP contribution in [0.5, 0.6) is 0 Å². The molecule has 0 aromatic heterocycles. The van der Waals surface area contributed by atoms with Crippen LogP contribution in [0.1, 0.15) is 43.6 Å². The van der Waals surface area contributed by atoms with Gasteiger partial charge in [-0.3, -0.25) is 0 Å². The van der Waals surface area contributed by atoms with Crippen molar-refractivity contribution in [3.63, 3.8) is 0 Å². The minimum atomic E-state index is 0.852. The van der Waals surface area contributed by atoms with Crippen molar-refractivity contribution in [2.75, 3.05) is 18.0 Å². The number of anilines is 1. The maximum Gasteiger partial charge on any atom is 0.0412 e. The summed E-state index contributed by atoms with van der Waals surface area (Å²) in [4.78, 5) is 2.59. The van der Waals surface area contributed by atoms with Crippen molar-refractivity contribution in [2.24, 2.45) is 0 Å². The maximum atomic E-state index is 3.61. The van der Waals surface area contributed by atoms with E-state index >= 15 is 0 Å². The summed E-state index contributed by atoms with van der Waals surface area (Å²) < 4.78 is 1.22. The molecule has 1 aliphatic carbocycles. The average Bonchev–Trinajstić information content (AvgIpc) is 3.14. The van der Waals surface area contributed by atoms with Gasteiger partial charge in [0.1, 0.15) is 0 Å². The Balaban J connectivity index is 1.92. The van der Waals surface area contributed by atoms with Gasteiger partial charge in [0.15, 0.2) is 0 Å². The fourth-order valence-electron chi connectivity index (χ4n) is 2.67. The van der Waals surface area contributed by atoms with Crippen LogP contribution < -0.4 is 4.90 Å². The van der Waals surface area contributed by atoms with Gasteiger partial charge in [-0.25, -0.2) is 0 Å². The summed E-state index contributed by atoms with van der Waals surface area (Å²) in [5.74, 6) is 0.852. The zero-order valence-corrected chi connectivity index (χ0v) is 11.2. The largest absolute Gasteiger partial charge is 0.371 e. The third kappa shape index (κ3) is 2.13. The number of hydrogen-bond donors (Lipinski definition) is 0. The Morgan fingerprint density at radius 3 is 2.50 bits per heavy atom. The highest BCUT2D eigenvalue weighted by Gasteiger charge is 2.28. The van der Waals surface area contributed by atoms with Gasteiger partial charge in [-0.1, -0.05) is 22.0 Å². The Morgan fingerprint density at radius 1 is 1.06 bits per heavy atom. The van der Waals surface area contributed by atoms with Crippen molar-refractivity contribution >= 4 is 21.6 Å². The number of hydrogen-bond acceptors (Lipinski definition) is 1. The molecule has 16 heavy (non-hydrogen) atoms. The summed E-state index contributed by atoms with van der Waals surface area (Å²) >= 11 is 3.61. The standard InChI is InChI=1S/C14H18BrN/c15-12-6-7-13(11-4-5-11)14(10-12)16-8-2-1-3-9-16/h6-7,10-11H,1-5,8-9H2. The lowest BCUT2D eigenvalue weighted by atomic mass is 10.0. The van der Waals surface area contributed by atoms with Gasteiger partial charge in [0.2, 0.25) is 0 Å². The van der Waals surface area contributed by atoms with Crippen molar-refractivity contribution in [3.8, 4) is 0 Å². The normalized spacial score (nSPS) is 21.2. The molecule has 1 aromatic rings. The average molecular weight is 280 g/mol. The Morgan fingerprint density at radius 2 is 1.81 bits per heavy atom. The fourth-order valence-corrected chi connectivity index (χ4v) is 3.01. The van der Waals surface area contributed by atoms with Crippen molar-refractivity contribution in [2.45, 2.75) is 38.0 Å². The highest BCUT2D eigenvalue weighted by molar-refractivity contribution is 9.10. The summed E-state index contributed by atoms with van der Waals surface area (Å²) in [5, 5.41) is 0. The number of piperidine rings is 1. The SMILES string of the molecule is Brc1ccc(C2CC2)c(N2CCCCC2)c1. The first kappa shape index (κ1) is 10.6. The molecule has 2 fully saturated rings. The lowest BCUT2D eigenvalue weighted by Gasteiger charge is -2.31. The zero-order chi connectivity index (χ0) is 11.0. The van der Waals surface area contributed by atoms with Crippen molar-refractivity contribution in [1.82, 2.24) is 0 Å². The lowest BCUT2D eigenvalue weighted by Crippen LogP contribution is -2.30. The van der Waals surface area contributed by atoms with E-state index in [0.717, 1.165) is 5.92 Å². The fraction of sp³-hybridized carbons (Fsp3) is 0.571. The van der Waals surface area contributed by atoms with E-state index in [1.54, 1.807) is 5.56 Å². The second-order valence-electron chi connectivity index (χ2n) is 5.03. The lowest BCUT2D eigenvalue weighted by molar-refractivity contribution is 0.576. The van der Waals surface area contributed by atoms with E-state index in [0.29, 0.717) is 0 Å². The topological polar surface area (TPSA) is 3.24 Å². The minimum absolute atomic E-state index is 0.852. The Bertz CT molecular complexity index is 378. The van der Waals surface area contributed by atoms with Crippen LogP contribution in [0.4, 0.5) is 5.69 Å². The molecule has 1 saturated heterocycles. The number of nitrogens with zero attached hydrogens (tertiary/aromatic N) is 1. The van der Waals surface area contributed by atoms with E-state index in [4.69, 9.17) is 0 Å². The molecule has 0 spiro atoms. The van der Waals surface area contributed by atoms with E-state index in [9.17, 15) is 0 Å². The van der Waals surface area contributed by atoms with Gasteiger partial charge in [-0.05, 0) is 55.7 Å². The molecule has 0 atom stereocenters. The third-order valence-corrected chi connectivity index (χ3v) is 4.20. The van der Waals surface area contributed by atoms with Crippen LogP contribution in [0.15, 0.2) is 22.7 Å². The third-order valence-electron chi connectivity index (χ3n) is 3.71. The minimum Gasteiger partial charge on any atom is -0.371 e. The molecule has 3 rings (SSSR count). The molecule has 1 aliphatic heterocycles. The molecule has 2 aliphatic rings. The van der Waals surface area contributed by atoms with E-state index in [2.05, 4.69) is 39.0 Å². The second-order valence-corrected chi connectivity index (χ2v) is 5.94. The molecule has 86 valence electrons. The van der Waals surface area contributed by atoms with E-state index in [-0.39, 0.29) is 0 Å². The van der Waals surface area contributed by atoms with Gasteiger partial charge in [0.25, 0.3) is 0 Å². The first-order valence-electron chi connectivity index (χ1n) is 6.39. The van der Waals surface area contributed by atoms with Crippen molar-refractivity contribution in [1.29, 1.82) is 0 Å². The predicted molar refractivity (Wildman–Crippen MR) is 72.2 cm³/mol. The number of rotatable bonds is 2. The van der Waals surface area contributed by atoms with Gasteiger partial charge in [0, 0.05) is 23.2 Å². The molecule has 0 N–H and O–H groups in total. The molecule has 1 nitrogen and oxygen atoms in total. The van der Waals surface area contributed by atoms with Crippen LogP contribution in [0.2, 0.25) is 0 Å². The van der Waals surface area contributed by atoms with Gasteiger partial charge in [-0.15, -0.1) is 0 Å². The van der Waals surface area contributed by atoms with Crippen LogP contribution in [0.3, 0.4) is 0 Å². The van der Waals surface area contributed by atoms with Crippen molar-refractivity contribution < 1.29 is 0 Å². The monoisotopic (exact) mass is 279 g/mol. The first-order chi connectivity index (χ1) is 7.84. The number of benzene rings is 1. The second kappa shape index (κ2) is 4.40. The van der Waals surface area contributed by atoms with Gasteiger partial charge >= 0.3 is 0 Å². The molecule has 1 heterocycles. The Labute approximate surface area is 106 Å². The van der Waals surface area contributed by atoms with Crippen molar-refractivity contribution in [3.05, 3.63) is 28.2 Å². The molecule has 2 heteroatoms. The van der Waals surface area contributed by atoms with E-state index in [1.165, 1.54) is 55.4 Å². The summed E-state index contributed by atoms with van der Waals surface area (Å²) in [6.07, 6.45) is 6.90. The van der Waals surface area contributed by atoms with E-state index < -0.39 is 0 Å². The molecule has 0 bridgehead atoms. The quantitative estimate of drug-likeness (QED) is 0.780. The summed E-state index contributed by atoms with van der Waals surface area (Å²) in [6, 6.07) is 6.84. The van der Waals surface area contributed by atoms with Gasteiger partial charge in [-0.2, -0.15) is 0 Å². The van der Waals surface area contributed by atoms with Crippen LogP contribution in [0.25, 0.3) is 0 Å². The summed E-state index contributed by atoms with van der Waals surface area (Å²) in [5.41, 5.74) is 3.08. The molecule has 1 aromatic carbocycles. The maximum absolute atomic E-state index is 3.61. The molecule has 1 saturated carbocycles. The molecular weight excluding hydrogens is 262 g/mol. The van der Waals surface area contributed by atoms with Crippen LogP contribution in [-0.2, 0) is 0 Å². The smallest absolute Gasteiger partial charge is 0.0412 e. The Hall–Kier alpha value is -0.500.